The maximum atomic E-state index is 10.1. The van der Waals surface area contributed by atoms with E-state index in [-0.39, 0.29) is 0 Å². The molecule has 0 aliphatic carbocycles. The number of hydrogen-bond donors (Lipinski definition) is 1. The summed E-state index contributed by atoms with van der Waals surface area (Å²) >= 11 is 0. The molecule has 4 nitrogen and oxygen atoms in total. The number of carbonyl (C=O) groups excluding carboxylic acids is 1. The predicted molar refractivity (Wildman–Crippen MR) is 68.3 cm³/mol. The van der Waals surface area contributed by atoms with Gasteiger partial charge in [-0.25, -0.2) is 4.79 Å². The molecule has 0 radical (unpaired) electrons. The van der Waals surface area contributed by atoms with Gasteiger partial charge in [0.15, 0.2) is 0 Å². The van der Waals surface area contributed by atoms with Crippen molar-refractivity contribution in [1.29, 1.82) is 0 Å². The van der Waals surface area contributed by atoms with Crippen molar-refractivity contribution in [2.75, 3.05) is 0 Å². The van der Waals surface area contributed by atoms with Gasteiger partial charge < -0.3 is 4.84 Å². The topological polar surface area (TPSA) is 64.7 Å². The second-order valence-corrected chi connectivity index (χ2v) is 3.81. The molecule has 2 aromatic rings. The van der Waals surface area contributed by atoms with Gasteiger partial charge in [-0.2, -0.15) is 10.9 Å². The molecule has 0 bridgehead atoms. The first-order valence-electron chi connectivity index (χ1n) is 5.44. The van der Waals surface area contributed by atoms with Crippen molar-refractivity contribution in [3.8, 4) is 5.75 Å². The van der Waals surface area contributed by atoms with Gasteiger partial charge >= 0.3 is 0 Å². The van der Waals surface area contributed by atoms with Crippen LogP contribution in [-0.2, 0) is 11.2 Å². The molecule has 4 heteroatoms. The highest BCUT2D eigenvalue weighted by Gasteiger charge is 1.98. The highest BCUT2D eigenvalue weighted by Crippen LogP contribution is 2.17. The maximum Gasteiger partial charge on any atom is 0.240 e. The lowest BCUT2D eigenvalue weighted by Crippen LogP contribution is -2.01. The van der Waals surface area contributed by atoms with Crippen LogP contribution >= 0.6 is 0 Å². The summed E-state index contributed by atoms with van der Waals surface area (Å²) in [6.45, 7) is 0. The van der Waals surface area contributed by atoms with Crippen LogP contribution < -0.4 is 10.7 Å². The zero-order valence-electron chi connectivity index (χ0n) is 9.67. The van der Waals surface area contributed by atoms with E-state index in [9.17, 15) is 4.79 Å². The fraction of sp³-hybridized carbons (Fsp3) is 0.0714. The summed E-state index contributed by atoms with van der Waals surface area (Å²) < 4.78 is 0. The van der Waals surface area contributed by atoms with Crippen LogP contribution in [0.1, 0.15) is 11.1 Å². The molecular weight excluding hydrogens is 228 g/mol. The molecular formula is C14H12N2O2. The summed E-state index contributed by atoms with van der Waals surface area (Å²) in [4.78, 5) is 18.3. The number of nitrogens with two attached hydrogens (primary N) is 1. The second kappa shape index (κ2) is 5.77. The van der Waals surface area contributed by atoms with Gasteiger partial charge in [0.25, 0.3) is 0 Å². The Hall–Kier alpha value is -2.42. The first kappa shape index (κ1) is 12.0. The zero-order valence-corrected chi connectivity index (χ0v) is 9.67. The van der Waals surface area contributed by atoms with E-state index in [1.54, 1.807) is 12.1 Å². The fourth-order valence-corrected chi connectivity index (χ4v) is 1.66. The Balaban J connectivity index is 2.10. The Kier molecular flexibility index (Phi) is 3.86. The standard InChI is InChI=1S/C14H12N2O2/c15-18-14-7-3-12(4-8-14)9-11-1-5-13(6-2-11)16-10-17/h1-8H,9,15H2. The third-order valence-electron chi connectivity index (χ3n) is 2.58. The Morgan fingerprint density at radius 1 is 1.00 bits per heavy atom. The van der Waals surface area contributed by atoms with Gasteiger partial charge in [-0.15, -0.1) is 0 Å². The smallest absolute Gasteiger partial charge is 0.240 e. The number of isocyanates is 1. The molecule has 0 fully saturated rings. The van der Waals surface area contributed by atoms with E-state index in [4.69, 9.17) is 5.90 Å². The number of nitrogens with zero attached hydrogens (tertiary/aromatic N) is 1. The molecule has 0 saturated carbocycles. The Morgan fingerprint density at radius 3 is 2.06 bits per heavy atom. The van der Waals surface area contributed by atoms with E-state index < -0.39 is 0 Å². The molecule has 0 aliphatic heterocycles. The van der Waals surface area contributed by atoms with Crippen molar-refractivity contribution < 1.29 is 9.63 Å². The van der Waals surface area contributed by atoms with Gasteiger partial charge in [0, 0.05) is 0 Å². The van der Waals surface area contributed by atoms with E-state index in [1.165, 1.54) is 6.08 Å². The van der Waals surface area contributed by atoms with Crippen molar-refractivity contribution >= 4 is 11.8 Å². The predicted octanol–water partition coefficient (Wildman–Crippen LogP) is 2.50. The van der Waals surface area contributed by atoms with E-state index in [0.29, 0.717) is 11.4 Å². The minimum absolute atomic E-state index is 0.612. The van der Waals surface area contributed by atoms with E-state index in [0.717, 1.165) is 17.5 Å². The van der Waals surface area contributed by atoms with Crippen LogP contribution in [0.15, 0.2) is 53.5 Å². The SMILES string of the molecule is NOc1ccc(Cc2ccc(N=C=O)cc2)cc1. The quantitative estimate of drug-likeness (QED) is 0.507. The number of rotatable bonds is 4. The van der Waals surface area contributed by atoms with Crippen molar-refractivity contribution in [2.45, 2.75) is 6.42 Å². The molecule has 0 heterocycles. The summed E-state index contributed by atoms with van der Waals surface area (Å²) in [5.41, 5.74) is 2.91. The van der Waals surface area contributed by atoms with Crippen molar-refractivity contribution in [1.82, 2.24) is 0 Å². The minimum Gasteiger partial charge on any atom is -0.412 e. The average Bonchev–Trinajstić information content (AvgIpc) is 2.42. The third-order valence-corrected chi connectivity index (χ3v) is 2.58. The van der Waals surface area contributed by atoms with Crippen LogP contribution in [-0.4, -0.2) is 6.08 Å². The summed E-state index contributed by atoms with van der Waals surface area (Å²) in [7, 11) is 0. The average molecular weight is 240 g/mol. The third kappa shape index (κ3) is 3.04. The molecule has 90 valence electrons. The van der Waals surface area contributed by atoms with Crippen LogP contribution in [0.5, 0.6) is 5.75 Å². The van der Waals surface area contributed by atoms with Gasteiger partial charge in [0.2, 0.25) is 6.08 Å². The zero-order chi connectivity index (χ0) is 12.8. The highest BCUT2D eigenvalue weighted by atomic mass is 16.6. The number of hydrogen-bond acceptors (Lipinski definition) is 4. The summed E-state index contributed by atoms with van der Waals surface area (Å²) in [6.07, 6.45) is 2.32. The number of aliphatic imine (C=N–C) groups is 1. The molecule has 2 N–H and O–H groups in total. The lowest BCUT2D eigenvalue weighted by molar-refractivity contribution is 0.334. The summed E-state index contributed by atoms with van der Waals surface area (Å²) in [5, 5.41) is 0. The summed E-state index contributed by atoms with van der Waals surface area (Å²) in [5.74, 6) is 5.69. The Labute approximate surface area is 105 Å². The van der Waals surface area contributed by atoms with Crippen molar-refractivity contribution in [2.24, 2.45) is 10.9 Å². The van der Waals surface area contributed by atoms with Gasteiger partial charge in [-0.1, -0.05) is 24.3 Å². The number of benzene rings is 2. The molecule has 2 rings (SSSR count). The van der Waals surface area contributed by atoms with Crippen LogP contribution in [0, 0.1) is 0 Å². The normalized spacial score (nSPS) is 9.61. The van der Waals surface area contributed by atoms with Crippen LogP contribution in [0.4, 0.5) is 5.69 Å². The largest absolute Gasteiger partial charge is 0.412 e. The van der Waals surface area contributed by atoms with Gasteiger partial charge in [0.05, 0.1) is 5.69 Å². The molecule has 18 heavy (non-hydrogen) atoms. The first-order chi connectivity index (χ1) is 8.81. The van der Waals surface area contributed by atoms with Gasteiger partial charge in [-0.05, 0) is 41.8 Å². The van der Waals surface area contributed by atoms with Crippen LogP contribution in [0.25, 0.3) is 0 Å². The summed E-state index contributed by atoms with van der Waals surface area (Å²) in [6, 6.07) is 15.0. The highest BCUT2D eigenvalue weighted by molar-refractivity contribution is 5.49. The van der Waals surface area contributed by atoms with Crippen molar-refractivity contribution in [3.05, 3.63) is 59.7 Å². The fourth-order valence-electron chi connectivity index (χ4n) is 1.66. The van der Waals surface area contributed by atoms with Crippen molar-refractivity contribution in [3.63, 3.8) is 0 Å². The molecule has 0 aromatic heterocycles. The molecule has 0 atom stereocenters. The lowest BCUT2D eigenvalue weighted by Gasteiger charge is -2.03. The molecule has 2 aromatic carbocycles. The van der Waals surface area contributed by atoms with Crippen LogP contribution in [0.2, 0.25) is 0 Å². The molecule has 0 unspecified atom stereocenters. The first-order valence-corrected chi connectivity index (χ1v) is 5.44. The molecule has 0 aliphatic rings. The Bertz CT molecular complexity index is 555. The maximum absolute atomic E-state index is 10.1. The van der Waals surface area contributed by atoms with E-state index >= 15 is 0 Å². The molecule has 0 amide bonds. The minimum atomic E-state index is 0.612. The lowest BCUT2D eigenvalue weighted by atomic mass is 10.0. The van der Waals surface area contributed by atoms with E-state index in [2.05, 4.69) is 9.83 Å². The molecule has 0 spiro atoms. The van der Waals surface area contributed by atoms with Crippen LogP contribution in [0.3, 0.4) is 0 Å². The van der Waals surface area contributed by atoms with Gasteiger partial charge in [0.1, 0.15) is 5.75 Å². The van der Waals surface area contributed by atoms with E-state index in [1.807, 2.05) is 36.4 Å². The molecule has 0 saturated heterocycles. The van der Waals surface area contributed by atoms with Gasteiger partial charge in [-0.3, -0.25) is 0 Å². The monoisotopic (exact) mass is 240 g/mol. The Morgan fingerprint density at radius 2 is 1.56 bits per heavy atom. The second-order valence-electron chi connectivity index (χ2n) is 3.81.